The first-order chi connectivity index (χ1) is 5.48. The maximum absolute atomic E-state index is 11.6. The minimum absolute atomic E-state index is 0.0415. The van der Waals surface area contributed by atoms with E-state index >= 15 is 0 Å². The molecule has 0 aliphatic rings. The van der Waals surface area contributed by atoms with Gasteiger partial charge >= 0.3 is 6.18 Å². The van der Waals surface area contributed by atoms with E-state index in [1.54, 1.807) is 0 Å². The zero-order valence-electron chi connectivity index (χ0n) is 6.52. The summed E-state index contributed by atoms with van der Waals surface area (Å²) in [7, 11) is 0. The monoisotopic (exact) mass is 184 g/mol. The molecular formula is C7H11F3O2. The van der Waals surface area contributed by atoms with Gasteiger partial charge in [-0.05, 0) is 12.8 Å². The van der Waals surface area contributed by atoms with Crippen molar-refractivity contribution >= 4 is 5.78 Å². The van der Waals surface area contributed by atoms with Gasteiger partial charge < -0.3 is 5.11 Å². The standard InChI is InChI=1S/C7H11F3O2/c8-7(9,10)6(12)4-2-1-3-5-11/h11H,1-5H2. The van der Waals surface area contributed by atoms with Crippen molar-refractivity contribution in [3.8, 4) is 0 Å². The second-order valence-electron chi connectivity index (χ2n) is 2.46. The maximum Gasteiger partial charge on any atom is 0.449 e. The largest absolute Gasteiger partial charge is 0.449 e. The highest BCUT2D eigenvalue weighted by atomic mass is 19.4. The van der Waals surface area contributed by atoms with Crippen molar-refractivity contribution in [1.29, 1.82) is 0 Å². The third-order valence-electron chi connectivity index (χ3n) is 1.38. The molecule has 0 atom stereocenters. The molecule has 2 nitrogen and oxygen atoms in total. The summed E-state index contributed by atoms with van der Waals surface area (Å²) >= 11 is 0. The normalized spacial score (nSPS) is 11.7. The number of aliphatic hydroxyl groups excluding tert-OH is 1. The molecule has 0 saturated heterocycles. The van der Waals surface area contributed by atoms with Gasteiger partial charge in [0, 0.05) is 13.0 Å². The minimum Gasteiger partial charge on any atom is -0.396 e. The number of rotatable bonds is 5. The van der Waals surface area contributed by atoms with E-state index in [1.807, 2.05) is 0 Å². The maximum atomic E-state index is 11.6. The molecule has 0 spiro atoms. The number of hydrogen-bond acceptors (Lipinski definition) is 2. The predicted molar refractivity (Wildman–Crippen MR) is 36.6 cm³/mol. The number of halogens is 3. The third kappa shape index (κ3) is 5.12. The van der Waals surface area contributed by atoms with Gasteiger partial charge in [0.2, 0.25) is 5.78 Å². The molecular weight excluding hydrogens is 173 g/mol. The minimum atomic E-state index is -4.70. The number of alkyl halides is 3. The zero-order valence-corrected chi connectivity index (χ0v) is 6.52. The van der Waals surface area contributed by atoms with Crippen LogP contribution < -0.4 is 0 Å². The lowest BCUT2D eigenvalue weighted by atomic mass is 10.1. The van der Waals surface area contributed by atoms with Crippen LogP contribution in [-0.4, -0.2) is 23.7 Å². The average molecular weight is 184 g/mol. The number of hydrogen-bond donors (Lipinski definition) is 1. The number of aliphatic hydroxyl groups is 1. The van der Waals surface area contributed by atoms with Crippen LogP contribution in [0.25, 0.3) is 0 Å². The highest BCUT2D eigenvalue weighted by Crippen LogP contribution is 2.19. The zero-order chi connectivity index (χ0) is 9.61. The van der Waals surface area contributed by atoms with Crippen molar-refractivity contribution in [3.63, 3.8) is 0 Å². The molecule has 0 aromatic rings. The highest BCUT2D eigenvalue weighted by molar-refractivity contribution is 5.83. The fourth-order valence-corrected chi connectivity index (χ4v) is 0.716. The molecule has 5 heteroatoms. The Labute approximate surface area is 68.4 Å². The molecule has 0 amide bonds. The van der Waals surface area contributed by atoms with Crippen LogP contribution >= 0.6 is 0 Å². The Hall–Kier alpha value is -0.580. The number of carbonyl (C=O) groups excluding carboxylic acids is 1. The summed E-state index contributed by atoms with van der Waals surface area (Å²) in [6.45, 7) is -0.0415. The van der Waals surface area contributed by atoms with Crippen LogP contribution in [-0.2, 0) is 4.79 Å². The van der Waals surface area contributed by atoms with E-state index in [0.29, 0.717) is 12.8 Å². The first-order valence-electron chi connectivity index (χ1n) is 3.69. The molecule has 0 fully saturated rings. The summed E-state index contributed by atoms with van der Waals surface area (Å²) < 4.78 is 34.7. The summed E-state index contributed by atoms with van der Waals surface area (Å²) in [5, 5.41) is 8.28. The van der Waals surface area contributed by atoms with Gasteiger partial charge in [-0.2, -0.15) is 13.2 Å². The first kappa shape index (κ1) is 11.4. The Morgan fingerprint density at radius 1 is 1.17 bits per heavy atom. The fourth-order valence-electron chi connectivity index (χ4n) is 0.716. The molecule has 0 aliphatic heterocycles. The van der Waals surface area contributed by atoms with E-state index in [1.165, 1.54) is 0 Å². The van der Waals surface area contributed by atoms with Gasteiger partial charge in [-0.1, -0.05) is 6.42 Å². The molecule has 12 heavy (non-hydrogen) atoms. The lowest BCUT2D eigenvalue weighted by Gasteiger charge is -2.03. The molecule has 0 bridgehead atoms. The molecule has 72 valence electrons. The topological polar surface area (TPSA) is 37.3 Å². The Kier molecular flexibility index (Phi) is 4.89. The van der Waals surface area contributed by atoms with Crippen LogP contribution in [0, 0.1) is 0 Å². The van der Waals surface area contributed by atoms with E-state index in [9.17, 15) is 18.0 Å². The fraction of sp³-hybridized carbons (Fsp3) is 0.857. The van der Waals surface area contributed by atoms with Crippen molar-refractivity contribution in [2.24, 2.45) is 0 Å². The number of ketones is 1. The van der Waals surface area contributed by atoms with Crippen LogP contribution in [0.1, 0.15) is 25.7 Å². The smallest absolute Gasteiger partial charge is 0.396 e. The van der Waals surface area contributed by atoms with Gasteiger partial charge in [-0.3, -0.25) is 4.79 Å². The Morgan fingerprint density at radius 3 is 2.17 bits per heavy atom. The van der Waals surface area contributed by atoms with Gasteiger partial charge in [0.15, 0.2) is 0 Å². The van der Waals surface area contributed by atoms with Gasteiger partial charge in [-0.15, -0.1) is 0 Å². The number of unbranched alkanes of at least 4 members (excludes halogenated alkanes) is 2. The van der Waals surface area contributed by atoms with Gasteiger partial charge in [0.05, 0.1) is 0 Å². The van der Waals surface area contributed by atoms with E-state index < -0.39 is 18.4 Å². The van der Waals surface area contributed by atoms with Gasteiger partial charge in [0.25, 0.3) is 0 Å². The van der Waals surface area contributed by atoms with E-state index in [2.05, 4.69) is 0 Å². The van der Waals surface area contributed by atoms with Crippen molar-refractivity contribution < 1.29 is 23.1 Å². The number of carbonyl (C=O) groups is 1. The summed E-state index contributed by atoms with van der Waals surface area (Å²) in [5.74, 6) is -1.68. The van der Waals surface area contributed by atoms with Gasteiger partial charge in [-0.25, -0.2) is 0 Å². The lowest BCUT2D eigenvalue weighted by Crippen LogP contribution is -2.22. The molecule has 0 aliphatic carbocycles. The van der Waals surface area contributed by atoms with Crippen molar-refractivity contribution in [2.75, 3.05) is 6.61 Å². The second kappa shape index (κ2) is 5.13. The molecule has 0 radical (unpaired) electrons. The number of Topliss-reactive ketones (excluding diaryl/α,β-unsaturated/α-hetero) is 1. The summed E-state index contributed by atoms with van der Waals surface area (Å²) in [5.41, 5.74) is 0. The van der Waals surface area contributed by atoms with Crippen LogP contribution in [0.2, 0.25) is 0 Å². The molecule has 0 aromatic carbocycles. The van der Waals surface area contributed by atoms with E-state index in [-0.39, 0.29) is 13.0 Å². The Morgan fingerprint density at radius 2 is 1.75 bits per heavy atom. The summed E-state index contributed by atoms with van der Waals surface area (Å²) in [4.78, 5) is 10.2. The van der Waals surface area contributed by atoms with E-state index in [0.717, 1.165) is 0 Å². The average Bonchev–Trinajstić information content (AvgIpc) is 1.96. The Bertz CT molecular complexity index is 142. The predicted octanol–water partition coefficient (Wildman–Crippen LogP) is 1.67. The van der Waals surface area contributed by atoms with Crippen LogP contribution in [0.5, 0.6) is 0 Å². The van der Waals surface area contributed by atoms with Crippen molar-refractivity contribution in [2.45, 2.75) is 31.9 Å². The molecule has 0 heterocycles. The van der Waals surface area contributed by atoms with Gasteiger partial charge in [0.1, 0.15) is 0 Å². The summed E-state index contributed by atoms with van der Waals surface area (Å²) in [6, 6.07) is 0. The lowest BCUT2D eigenvalue weighted by molar-refractivity contribution is -0.171. The molecule has 1 N–H and O–H groups in total. The highest BCUT2D eigenvalue weighted by Gasteiger charge is 2.36. The van der Waals surface area contributed by atoms with Crippen molar-refractivity contribution in [1.82, 2.24) is 0 Å². The molecule has 0 unspecified atom stereocenters. The Balaban J connectivity index is 3.45. The van der Waals surface area contributed by atoms with Crippen LogP contribution in [0.3, 0.4) is 0 Å². The third-order valence-corrected chi connectivity index (χ3v) is 1.38. The summed E-state index contributed by atoms with van der Waals surface area (Å²) in [6.07, 6.45) is -4.06. The molecule has 0 saturated carbocycles. The SMILES string of the molecule is O=C(CCCCCO)C(F)(F)F. The van der Waals surface area contributed by atoms with Crippen LogP contribution in [0.4, 0.5) is 13.2 Å². The quantitative estimate of drug-likeness (QED) is 0.660. The first-order valence-corrected chi connectivity index (χ1v) is 3.69. The van der Waals surface area contributed by atoms with E-state index in [4.69, 9.17) is 5.11 Å². The molecule has 0 aromatic heterocycles. The van der Waals surface area contributed by atoms with Crippen LogP contribution in [0.15, 0.2) is 0 Å². The molecule has 0 rings (SSSR count). The van der Waals surface area contributed by atoms with Crippen molar-refractivity contribution in [3.05, 3.63) is 0 Å². The second-order valence-corrected chi connectivity index (χ2v) is 2.46.